The summed E-state index contributed by atoms with van der Waals surface area (Å²) in [5.74, 6) is -0.460. The van der Waals surface area contributed by atoms with E-state index in [1.54, 1.807) is 22.6 Å². The van der Waals surface area contributed by atoms with Crippen molar-refractivity contribution in [1.29, 1.82) is 0 Å². The minimum Gasteiger partial charge on any atom is -0.348 e. The van der Waals surface area contributed by atoms with Gasteiger partial charge < -0.3 is 10.6 Å². The van der Waals surface area contributed by atoms with Gasteiger partial charge in [0.15, 0.2) is 0 Å². The highest BCUT2D eigenvalue weighted by Crippen LogP contribution is 2.31. The Morgan fingerprint density at radius 2 is 2.11 bits per heavy atom. The van der Waals surface area contributed by atoms with E-state index in [2.05, 4.69) is 10.6 Å². The van der Waals surface area contributed by atoms with Gasteiger partial charge in [0.25, 0.3) is 5.91 Å². The van der Waals surface area contributed by atoms with Crippen molar-refractivity contribution in [2.75, 3.05) is 13.1 Å². The van der Waals surface area contributed by atoms with Gasteiger partial charge in [-0.1, -0.05) is 0 Å². The first-order valence-corrected chi connectivity index (χ1v) is 6.83. The maximum atomic E-state index is 12.7. The number of benzene rings is 1. The lowest BCUT2D eigenvalue weighted by atomic mass is 10.1. The van der Waals surface area contributed by atoms with Crippen LogP contribution in [-0.4, -0.2) is 25.0 Å². The fourth-order valence-electron chi connectivity index (χ4n) is 1.93. The van der Waals surface area contributed by atoms with Crippen LogP contribution in [0.25, 0.3) is 0 Å². The van der Waals surface area contributed by atoms with E-state index in [9.17, 15) is 18.0 Å². The van der Waals surface area contributed by atoms with Gasteiger partial charge in [-0.2, -0.15) is 13.2 Å². The lowest BCUT2D eigenvalue weighted by Crippen LogP contribution is -2.36. The maximum Gasteiger partial charge on any atom is 0.416 e. The Hall–Kier alpha value is -0.830. The highest BCUT2D eigenvalue weighted by atomic mass is 127. The van der Waals surface area contributed by atoms with Crippen LogP contribution < -0.4 is 10.6 Å². The minimum absolute atomic E-state index is 0.0142. The minimum atomic E-state index is -4.44. The molecule has 1 atom stereocenters. The number of nitrogens with one attached hydrogen (secondary N) is 2. The smallest absolute Gasteiger partial charge is 0.348 e. The summed E-state index contributed by atoms with van der Waals surface area (Å²) in [5.41, 5.74) is -0.750. The van der Waals surface area contributed by atoms with E-state index in [0.717, 1.165) is 25.1 Å². The molecule has 0 aromatic heterocycles. The third-order valence-corrected chi connectivity index (χ3v) is 3.51. The van der Waals surface area contributed by atoms with Crippen molar-refractivity contribution >= 4 is 28.5 Å². The number of rotatable bonds is 2. The Labute approximate surface area is 122 Å². The Kier molecular flexibility index (Phi) is 4.34. The molecule has 1 aliphatic rings. The molecule has 1 saturated heterocycles. The van der Waals surface area contributed by atoms with Crippen molar-refractivity contribution < 1.29 is 18.0 Å². The topological polar surface area (TPSA) is 41.1 Å². The molecule has 1 aliphatic heterocycles. The summed E-state index contributed by atoms with van der Waals surface area (Å²) in [7, 11) is 0. The van der Waals surface area contributed by atoms with E-state index >= 15 is 0 Å². The summed E-state index contributed by atoms with van der Waals surface area (Å²) in [6.07, 6.45) is -3.65. The van der Waals surface area contributed by atoms with Crippen LogP contribution in [0.3, 0.4) is 0 Å². The zero-order valence-electron chi connectivity index (χ0n) is 9.85. The van der Waals surface area contributed by atoms with Crippen molar-refractivity contribution in [2.24, 2.45) is 0 Å². The SMILES string of the molecule is O=C(NC1CCNC1)c1cc(I)cc(C(F)(F)F)c1. The summed E-state index contributed by atoms with van der Waals surface area (Å²) in [6, 6.07) is 3.35. The van der Waals surface area contributed by atoms with E-state index in [1.165, 1.54) is 6.07 Å². The molecule has 7 heteroatoms. The zero-order chi connectivity index (χ0) is 14.0. The summed E-state index contributed by atoms with van der Waals surface area (Å²) in [5, 5.41) is 5.81. The predicted octanol–water partition coefficient (Wildman–Crippen LogP) is 2.40. The van der Waals surface area contributed by atoms with E-state index in [1.807, 2.05) is 0 Å². The number of carbonyl (C=O) groups is 1. The highest BCUT2D eigenvalue weighted by Gasteiger charge is 2.31. The Morgan fingerprint density at radius 3 is 2.68 bits per heavy atom. The molecule has 2 N–H and O–H groups in total. The first-order valence-electron chi connectivity index (χ1n) is 5.75. The molecule has 0 bridgehead atoms. The molecule has 3 nitrogen and oxygen atoms in total. The molecule has 0 radical (unpaired) electrons. The van der Waals surface area contributed by atoms with Crippen LogP contribution in [0.15, 0.2) is 18.2 Å². The summed E-state index contributed by atoms with van der Waals surface area (Å²) in [6.45, 7) is 1.47. The van der Waals surface area contributed by atoms with E-state index in [4.69, 9.17) is 0 Å². The van der Waals surface area contributed by atoms with Gasteiger partial charge in [-0.3, -0.25) is 4.79 Å². The van der Waals surface area contributed by atoms with E-state index in [0.29, 0.717) is 10.1 Å². The summed E-state index contributed by atoms with van der Waals surface area (Å²) >= 11 is 1.78. The van der Waals surface area contributed by atoms with Crippen molar-refractivity contribution in [3.8, 4) is 0 Å². The molecule has 2 rings (SSSR count). The van der Waals surface area contributed by atoms with Crippen LogP contribution in [0.2, 0.25) is 0 Å². The number of amides is 1. The van der Waals surface area contributed by atoms with Crippen LogP contribution >= 0.6 is 22.6 Å². The van der Waals surface area contributed by atoms with Gasteiger partial charge in [0.2, 0.25) is 0 Å². The Balaban J connectivity index is 2.19. The second-order valence-corrected chi connectivity index (χ2v) is 5.64. The zero-order valence-corrected chi connectivity index (χ0v) is 12.0. The quantitative estimate of drug-likeness (QED) is 0.770. The average Bonchev–Trinajstić information content (AvgIpc) is 2.79. The van der Waals surface area contributed by atoms with Crippen LogP contribution in [0.5, 0.6) is 0 Å². The highest BCUT2D eigenvalue weighted by molar-refractivity contribution is 14.1. The molecule has 1 unspecified atom stereocenters. The number of halogens is 4. The summed E-state index contributed by atoms with van der Waals surface area (Å²) < 4.78 is 38.4. The predicted molar refractivity (Wildman–Crippen MR) is 72.9 cm³/mol. The fourth-order valence-corrected chi connectivity index (χ4v) is 2.60. The molecule has 104 valence electrons. The van der Waals surface area contributed by atoms with Gasteiger partial charge >= 0.3 is 6.18 Å². The van der Waals surface area contributed by atoms with Gasteiger partial charge in [-0.25, -0.2) is 0 Å². The second kappa shape index (κ2) is 5.66. The largest absolute Gasteiger partial charge is 0.416 e. The lowest BCUT2D eigenvalue weighted by molar-refractivity contribution is -0.137. The van der Waals surface area contributed by atoms with Gasteiger partial charge in [-0.15, -0.1) is 0 Å². The Bertz CT molecular complexity index is 484. The first kappa shape index (κ1) is 14.6. The number of carbonyl (C=O) groups excluding carboxylic acids is 1. The van der Waals surface area contributed by atoms with Crippen LogP contribution in [0.4, 0.5) is 13.2 Å². The molecule has 1 amide bonds. The average molecular weight is 384 g/mol. The number of hydrogen-bond acceptors (Lipinski definition) is 2. The van der Waals surface area contributed by atoms with Crippen LogP contribution in [-0.2, 0) is 6.18 Å². The van der Waals surface area contributed by atoms with Gasteiger partial charge in [0, 0.05) is 21.7 Å². The van der Waals surface area contributed by atoms with Gasteiger partial charge in [-0.05, 0) is 53.8 Å². The van der Waals surface area contributed by atoms with Crippen molar-refractivity contribution in [1.82, 2.24) is 10.6 Å². The fraction of sp³-hybridized carbons (Fsp3) is 0.417. The third kappa shape index (κ3) is 3.82. The third-order valence-electron chi connectivity index (χ3n) is 2.88. The Morgan fingerprint density at radius 1 is 1.37 bits per heavy atom. The first-order chi connectivity index (χ1) is 8.86. The van der Waals surface area contributed by atoms with Crippen LogP contribution in [0.1, 0.15) is 22.3 Å². The summed E-state index contributed by atoms with van der Waals surface area (Å²) in [4.78, 5) is 11.9. The molecule has 1 aromatic carbocycles. The second-order valence-electron chi connectivity index (χ2n) is 4.39. The molecular formula is C12H12F3IN2O. The number of alkyl halides is 3. The monoisotopic (exact) mass is 384 g/mol. The molecule has 0 spiro atoms. The maximum absolute atomic E-state index is 12.7. The molecule has 0 saturated carbocycles. The normalized spacial score (nSPS) is 19.5. The van der Waals surface area contributed by atoms with Crippen molar-refractivity contribution in [2.45, 2.75) is 18.6 Å². The van der Waals surface area contributed by atoms with E-state index in [-0.39, 0.29) is 11.6 Å². The van der Waals surface area contributed by atoms with Crippen LogP contribution in [0, 0.1) is 3.57 Å². The molecular weight excluding hydrogens is 372 g/mol. The van der Waals surface area contributed by atoms with Crippen molar-refractivity contribution in [3.63, 3.8) is 0 Å². The molecule has 19 heavy (non-hydrogen) atoms. The van der Waals surface area contributed by atoms with E-state index < -0.39 is 17.6 Å². The molecule has 0 aliphatic carbocycles. The standard InChI is InChI=1S/C12H12F3IN2O/c13-12(14,15)8-3-7(4-9(16)5-8)11(19)18-10-1-2-17-6-10/h3-5,10,17H,1-2,6H2,(H,18,19). The molecule has 1 heterocycles. The number of hydrogen-bond donors (Lipinski definition) is 2. The van der Waals surface area contributed by atoms with Gasteiger partial charge in [0.05, 0.1) is 5.56 Å². The molecule has 1 fully saturated rings. The van der Waals surface area contributed by atoms with Gasteiger partial charge in [0.1, 0.15) is 0 Å². The molecule has 1 aromatic rings. The lowest BCUT2D eigenvalue weighted by Gasteiger charge is -2.13. The van der Waals surface area contributed by atoms with Crippen molar-refractivity contribution in [3.05, 3.63) is 32.9 Å².